The van der Waals surface area contributed by atoms with Gasteiger partial charge in [-0.15, -0.1) is 0 Å². The lowest BCUT2D eigenvalue weighted by Crippen LogP contribution is -2.24. The Labute approximate surface area is 107 Å². The van der Waals surface area contributed by atoms with E-state index in [0.717, 1.165) is 10.2 Å². The number of ether oxygens (including phenoxy) is 1. The first-order valence-corrected chi connectivity index (χ1v) is 6.28. The quantitative estimate of drug-likeness (QED) is 0.909. The van der Waals surface area contributed by atoms with Crippen LogP contribution in [0.15, 0.2) is 22.7 Å². The molecule has 1 rings (SSSR count). The fourth-order valence-corrected chi connectivity index (χ4v) is 1.78. The van der Waals surface area contributed by atoms with Gasteiger partial charge in [0.25, 0.3) is 0 Å². The number of benzene rings is 1. The van der Waals surface area contributed by atoms with Crippen LogP contribution in [0, 0.1) is 0 Å². The molecule has 0 amide bonds. The molecule has 1 N–H and O–H groups in total. The Kier molecular flexibility index (Phi) is 4.39. The van der Waals surface area contributed by atoms with Crippen molar-refractivity contribution in [3.8, 4) is 5.75 Å². The largest absolute Gasteiger partial charge is 0.488 e. The van der Waals surface area contributed by atoms with Gasteiger partial charge in [-0.05, 0) is 46.9 Å². The lowest BCUT2D eigenvalue weighted by molar-refractivity contribution is 0.128. The lowest BCUT2D eigenvalue weighted by Gasteiger charge is -2.25. The van der Waals surface area contributed by atoms with E-state index in [-0.39, 0.29) is 11.6 Å². The van der Waals surface area contributed by atoms with E-state index in [9.17, 15) is 0 Å². The minimum absolute atomic E-state index is 0.178. The molecule has 0 aliphatic heterocycles. The Morgan fingerprint density at radius 3 is 2.44 bits per heavy atom. The molecule has 2 nitrogen and oxygen atoms in total. The van der Waals surface area contributed by atoms with Gasteiger partial charge in [0.1, 0.15) is 11.4 Å². The summed E-state index contributed by atoms with van der Waals surface area (Å²) >= 11 is 3.47. The van der Waals surface area contributed by atoms with E-state index in [1.807, 2.05) is 19.2 Å². The molecule has 0 fully saturated rings. The average Bonchev–Trinajstić information content (AvgIpc) is 2.14. The molecule has 1 unspecified atom stereocenters. The van der Waals surface area contributed by atoms with Crippen LogP contribution in [0.2, 0.25) is 0 Å². The third-order valence-electron chi connectivity index (χ3n) is 2.29. The summed E-state index contributed by atoms with van der Waals surface area (Å²) in [5.41, 5.74) is 1.00. The third-order valence-corrected chi connectivity index (χ3v) is 2.78. The molecule has 1 aromatic carbocycles. The fourth-order valence-electron chi connectivity index (χ4n) is 1.44. The predicted octanol–water partition coefficient (Wildman–Crippen LogP) is 3.91. The van der Waals surface area contributed by atoms with Crippen molar-refractivity contribution >= 4 is 15.9 Å². The molecule has 0 radical (unpaired) electrons. The summed E-state index contributed by atoms with van der Waals surface area (Å²) in [5.74, 6) is 0.934. The van der Waals surface area contributed by atoms with E-state index in [1.165, 1.54) is 5.56 Å². The Balaban J connectivity index is 3.08. The lowest BCUT2D eigenvalue weighted by atomic mass is 10.1. The molecule has 0 spiro atoms. The number of hydrogen-bond donors (Lipinski definition) is 1. The molecular formula is C13H20BrNO. The summed E-state index contributed by atoms with van der Waals surface area (Å²) in [4.78, 5) is 0. The first-order chi connectivity index (χ1) is 7.33. The summed E-state index contributed by atoms with van der Waals surface area (Å²) in [7, 11) is 1.95. The van der Waals surface area contributed by atoms with E-state index in [4.69, 9.17) is 4.74 Å². The van der Waals surface area contributed by atoms with E-state index in [0.29, 0.717) is 0 Å². The van der Waals surface area contributed by atoms with E-state index in [1.54, 1.807) is 0 Å². The van der Waals surface area contributed by atoms with Crippen LogP contribution < -0.4 is 10.1 Å². The maximum Gasteiger partial charge on any atom is 0.125 e. The topological polar surface area (TPSA) is 21.3 Å². The standard InChI is InChI=1S/C13H20BrNO/c1-9(15-5)11-7-6-10(14)8-12(11)16-13(2,3)4/h6-9,15H,1-5H3. The van der Waals surface area contributed by atoms with Gasteiger partial charge in [-0.2, -0.15) is 0 Å². The van der Waals surface area contributed by atoms with Crippen LogP contribution in [0.3, 0.4) is 0 Å². The maximum atomic E-state index is 5.97. The molecule has 0 aromatic heterocycles. The van der Waals surface area contributed by atoms with E-state index in [2.05, 4.69) is 55.0 Å². The second-order valence-corrected chi connectivity index (χ2v) is 5.82. The summed E-state index contributed by atoms with van der Waals surface area (Å²) in [6.07, 6.45) is 0. The highest BCUT2D eigenvalue weighted by molar-refractivity contribution is 9.10. The zero-order valence-corrected chi connectivity index (χ0v) is 12.2. The van der Waals surface area contributed by atoms with Gasteiger partial charge in [0.15, 0.2) is 0 Å². The van der Waals surface area contributed by atoms with Crippen molar-refractivity contribution < 1.29 is 4.74 Å². The van der Waals surface area contributed by atoms with Gasteiger partial charge in [-0.1, -0.05) is 22.0 Å². The van der Waals surface area contributed by atoms with Gasteiger partial charge >= 0.3 is 0 Å². The molecule has 16 heavy (non-hydrogen) atoms. The second-order valence-electron chi connectivity index (χ2n) is 4.91. The van der Waals surface area contributed by atoms with Crippen molar-refractivity contribution in [1.29, 1.82) is 0 Å². The second kappa shape index (κ2) is 5.19. The van der Waals surface area contributed by atoms with Crippen molar-refractivity contribution in [1.82, 2.24) is 5.32 Å². The highest BCUT2D eigenvalue weighted by Crippen LogP contribution is 2.31. The Morgan fingerprint density at radius 1 is 1.31 bits per heavy atom. The van der Waals surface area contributed by atoms with Crippen LogP contribution in [0.4, 0.5) is 0 Å². The number of nitrogens with one attached hydrogen (secondary N) is 1. The molecule has 0 heterocycles. The first kappa shape index (κ1) is 13.5. The van der Waals surface area contributed by atoms with Crippen molar-refractivity contribution in [3.63, 3.8) is 0 Å². The summed E-state index contributed by atoms with van der Waals surface area (Å²) in [6, 6.07) is 6.44. The molecule has 90 valence electrons. The Bertz CT molecular complexity index is 357. The highest BCUT2D eigenvalue weighted by atomic mass is 79.9. The van der Waals surface area contributed by atoms with Gasteiger partial charge in [-0.25, -0.2) is 0 Å². The highest BCUT2D eigenvalue weighted by Gasteiger charge is 2.17. The first-order valence-electron chi connectivity index (χ1n) is 5.49. The molecule has 0 bridgehead atoms. The maximum absolute atomic E-state index is 5.97. The smallest absolute Gasteiger partial charge is 0.125 e. The molecule has 1 atom stereocenters. The molecular weight excluding hydrogens is 266 g/mol. The average molecular weight is 286 g/mol. The third kappa shape index (κ3) is 3.80. The zero-order chi connectivity index (χ0) is 12.3. The van der Waals surface area contributed by atoms with Crippen LogP contribution >= 0.6 is 15.9 Å². The molecule has 0 aliphatic rings. The number of halogens is 1. The van der Waals surface area contributed by atoms with Gasteiger partial charge in [0, 0.05) is 16.1 Å². The van der Waals surface area contributed by atoms with Gasteiger partial charge in [0.05, 0.1) is 0 Å². The van der Waals surface area contributed by atoms with Crippen LogP contribution in [-0.2, 0) is 0 Å². The molecule has 0 saturated heterocycles. The summed E-state index contributed by atoms with van der Waals surface area (Å²) in [5, 5.41) is 3.23. The number of rotatable bonds is 3. The number of hydrogen-bond acceptors (Lipinski definition) is 2. The monoisotopic (exact) mass is 285 g/mol. The molecule has 3 heteroatoms. The van der Waals surface area contributed by atoms with Gasteiger partial charge in [0.2, 0.25) is 0 Å². The SMILES string of the molecule is CNC(C)c1ccc(Br)cc1OC(C)(C)C. The Hall–Kier alpha value is -0.540. The van der Waals surface area contributed by atoms with Crippen molar-refractivity contribution in [3.05, 3.63) is 28.2 Å². The fraction of sp³-hybridized carbons (Fsp3) is 0.538. The van der Waals surface area contributed by atoms with Crippen LogP contribution in [0.25, 0.3) is 0 Å². The van der Waals surface area contributed by atoms with Gasteiger partial charge in [-0.3, -0.25) is 0 Å². The van der Waals surface area contributed by atoms with Crippen molar-refractivity contribution in [2.75, 3.05) is 7.05 Å². The van der Waals surface area contributed by atoms with Crippen LogP contribution in [-0.4, -0.2) is 12.6 Å². The van der Waals surface area contributed by atoms with Crippen molar-refractivity contribution in [2.45, 2.75) is 39.3 Å². The molecule has 1 aromatic rings. The minimum Gasteiger partial charge on any atom is -0.488 e. The minimum atomic E-state index is -0.178. The summed E-state index contributed by atoms with van der Waals surface area (Å²) < 4.78 is 7.01. The van der Waals surface area contributed by atoms with Crippen LogP contribution in [0.1, 0.15) is 39.3 Å². The van der Waals surface area contributed by atoms with Crippen LogP contribution in [0.5, 0.6) is 5.75 Å². The molecule has 0 saturated carbocycles. The predicted molar refractivity (Wildman–Crippen MR) is 72.0 cm³/mol. The van der Waals surface area contributed by atoms with Crippen molar-refractivity contribution in [2.24, 2.45) is 0 Å². The zero-order valence-electron chi connectivity index (χ0n) is 10.6. The normalized spacial score (nSPS) is 13.6. The van der Waals surface area contributed by atoms with E-state index >= 15 is 0 Å². The van der Waals surface area contributed by atoms with E-state index < -0.39 is 0 Å². The summed E-state index contributed by atoms with van der Waals surface area (Å²) in [6.45, 7) is 8.30. The molecule has 0 aliphatic carbocycles. The Morgan fingerprint density at radius 2 is 1.94 bits per heavy atom. The van der Waals surface area contributed by atoms with Gasteiger partial charge < -0.3 is 10.1 Å².